The summed E-state index contributed by atoms with van der Waals surface area (Å²) in [6, 6.07) is 13.2. The van der Waals surface area contributed by atoms with Gasteiger partial charge in [0.2, 0.25) is 0 Å². The van der Waals surface area contributed by atoms with Crippen LogP contribution in [0.2, 0.25) is 0 Å². The average Bonchev–Trinajstić information content (AvgIpc) is 2.43. The summed E-state index contributed by atoms with van der Waals surface area (Å²) in [5, 5.41) is 0. The van der Waals surface area contributed by atoms with Crippen LogP contribution in [0.1, 0.15) is 5.56 Å². The van der Waals surface area contributed by atoms with Crippen LogP contribution < -0.4 is 15.6 Å². The molecule has 0 aliphatic heterocycles. The standard InChI is InChI=1S/C14H13F3N2O/c15-12-8-4-5-10(13(12)20-14(16)17)9-18-19-11-6-2-1-3-7-11/h1-8,14,18-19H,9H2. The average molecular weight is 282 g/mol. The highest BCUT2D eigenvalue weighted by Crippen LogP contribution is 2.24. The van der Waals surface area contributed by atoms with E-state index in [1.54, 1.807) is 0 Å². The van der Waals surface area contributed by atoms with Crippen molar-refractivity contribution in [2.75, 3.05) is 5.43 Å². The predicted molar refractivity (Wildman–Crippen MR) is 69.9 cm³/mol. The summed E-state index contributed by atoms with van der Waals surface area (Å²) in [4.78, 5) is 0. The SMILES string of the molecule is Fc1cccc(CNNc2ccccc2)c1OC(F)F. The Balaban J connectivity index is 2.00. The molecular formula is C14H13F3N2O. The number of hydrogen-bond acceptors (Lipinski definition) is 3. The molecule has 0 aromatic heterocycles. The van der Waals surface area contributed by atoms with E-state index in [1.807, 2.05) is 30.3 Å². The van der Waals surface area contributed by atoms with Gasteiger partial charge in [-0.25, -0.2) is 9.82 Å². The highest BCUT2D eigenvalue weighted by Gasteiger charge is 2.14. The first kappa shape index (κ1) is 14.2. The quantitative estimate of drug-likeness (QED) is 0.795. The molecule has 20 heavy (non-hydrogen) atoms. The van der Waals surface area contributed by atoms with Crippen molar-refractivity contribution in [2.45, 2.75) is 13.2 Å². The van der Waals surface area contributed by atoms with E-state index < -0.39 is 18.2 Å². The molecule has 0 unspecified atom stereocenters. The summed E-state index contributed by atoms with van der Waals surface area (Å²) in [5.74, 6) is -1.26. The molecule has 0 atom stereocenters. The number of hydrazine groups is 1. The Labute approximate surface area is 114 Å². The smallest absolute Gasteiger partial charge is 0.387 e. The number of nitrogens with one attached hydrogen (secondary N) is 2. The minimum Gasteiger partial charge on any atom is -0.431 e. The fourth-order valence-corrected chi connectivity index (χ4v) is 1.68. The first-order valence-electron chi connectivity index (χ1n) is 5.93. The minimum atomic E-state index is -3.06. The summed E-state index contributed by atoms with van der Waals surface area (Å²) in [7, 11) is 0. The van der Waals surface area contributed by atoms with E-state index in [9.17, 15) is 13.2 Å². The molecular weight excluding hydrogens is 269 g/mol. The second-order valence-corrected chi connectivity index (χ2v) is 3.95. The van der Waals surface area contributed by atoms with Crippen LogP contribution in [0.5, 0.6) is 5.75 Å². The molecule has 0 heterocycles. The molecule has 0 spiro atoms. The molecule has 0 aliphatic carbocycles. The van der Waals surface area contributed by atoms with Crippen molar-refractivity contribution in [3.05, 3.63) is 59.9 Å². The van der Waals surface area contributed by atoms with Gasteiger partial charge in [0.1, 0.15) is 0 Å². The summed E-state index contributed by atoms with van der Waals surface area (Å²) < 4.78 is 42.1. The second-order valence-electron chi connectivity index (χ2n) is 3.95. The molecule has 0 saturated carbocycles. The molecule has 0 fully saturated rings. The lowest BCUT2D eigenvalue weighted by Gasteiger charge is -2.13. The van der Waals surface area contributed by atoms with E-state index in [1.165, 1.54) is 12.1 Å². The Morgan fingerprint density at radius 3 is 2.45 bits per heavy atom. The van der Waals surface area contributed by atoms with Gasteiger partial charge in [0.25, 0.3) is 0 Å². The molecule has 2 aromatic carbocycles. The van der Waals surface area contributed by atoms with Crippen LogP contribution in [0.15, 0.2) is 48.5 Å². The van der Waals surface area contributed by atoms with E-state index >= 15 is 0 Å². The molecule has 6 heteroatoms. The lowest BCUT2D eigenvalue weighted by atomic mass is 10.2. The largest absolute Gasteiger partial charge is 0.431 e. The first-order valence-corrected chi connectivity index (χ1v) is 5.93. The van der Waals surface area contributed by atoms with Gasteiger partial charge in [-0.2, -0.15) is 8.78 Å². The zero-order valence-corrected chi connectivity index (χ0v) is 10.4. The third-order valence-electron chi connectivity index (χ3n) is 2.54. The number of anilines is 1. The summed E-state index contributed by atoms with van der Waals surface area (Å²) in [6.07, 6.45) is 0. The maximum absolute atomic E-state index is 13.5. The molecule has 0 bridgehead atoms. The van der Waals surface area contributed by atoms with E-state index in [4.69, 9.17) is 0 Å². The zero-order chi connectivity index (χ0) is 14.4. The fraction of sp³-hybridized carbons (Fsp3) is 0.143. The van der Waals surface area contributed by atoms with Crippen LogP contribution in [0.3, 0.4) is 0 Å². The summed E-state index contributed by atoms with van der Waals surface area (Å²) >= 11 is 0. The van der Waals surface area contributed by atoms with Gasteiger partial charge in [0.15, 0.2) is 11.6 Å². The number of benzene rings is 2. The number of hydrogen-bond donors (Lipinski definition) is 2. The van der Waals surface area contributed by atoms with Gasteiger partial charge in [-0.1, -0.05) is 30.3 Å². The summed E-state index contributed by atoms with van der Waals surface area (Å²) in [5.41, 5.74) is 6.80. The van der Waals surface area contributed by atoms with Crippen LogP contribution in [0.25, 0.3) is 0 Å². The van der Waals surface area contributed by atoms with Crippen molar-refractivity contribution in [1.29, 1.82) is 0 Å². The van der Waals surface area contributed by atoms with Crippen LogP contribution >= 0.6 is 0 Å². The number of ether oxygens (including phenoxy) is 1. The van der Waals surface area contributed by atoms with Gasteiger partial charge in [0.05, 0.1) is 0 Å². The normalized spacial score (nSPS) is 10.6. The van der Waals surface area contributed by atoms with Gasteiger partial charge >= 0.3 is 6.61 Å². The highest BCUT2D eigenvalue weighted by atomic mass is 19.3. The van der Waals surface area contributed by atoms with Crippen LogP contribution in [-0.4, -0.2) is 6.61 Å². The zero-order valence-electron chi connectivity index (χ0n) is 10.4. The molecule has 0 amide bonds. The fourth-order valence-electron chi connectivity index (χ4n) is 1.68. The van der Waals surface area contributed by atoms with Crippen molar-refractivity contribution in [2.24, 2.45) is 0 Å². The van der Waals surface area contributed by atoms with Crippen molar-refractivity contribution in [3.63, 3.8) is 0 Å². The van der Waals surface area contributed by atoms with Gasteiger partial charge in [-0.15, -0.1) is 0 Å². The second kappa shape index (κ2) is 6.81. The Morgan fingerprint density at radius 1 is 1.00 bits per heavy atom. The van der Waals surface area contributed by atoms with Crippen LogP contribution in [0.4, 0.5) is 18.9 Å². The first-order chi connectivity index (χ1) is 9.66. The monoisotopic (exact) mass is 282 g/mol. The van der Waals surface area contributed by atoms with E-state index in [-0.39, 0.29) is 6.54 Å². The number of alkyl halides is 2. The highest BCUT2D eigenvalue weighted by molar-refractivity contribution is 5.41. The van der Waals surface area contributed by atoms with Gasteiger partial charge in [-0.3, -0.25) is 0 Å². The Morgan fingerprint density at radius 2 is 1.75 bits per heavy atom. The Bertz CT molecular complexity index is 549. The van der Waals surface area contributed by atoms with Crippen molar-refractivity contribution >= 4 is 5.69 Å². The molecule has 0 saturated heterocycles. The number of halogens is 3. The van der Waals surface area contributed by atoms with E-state index in [0.29, 0.717) is 5.56 Å². The third-order valence-corrected chi connectivity index (χ3v) is 2.54. The van der Waals surface area contributed by atoms with Crippen molar-refractivity contribution < 1.29 is 17.9 Å². The van der Waals surface area contributed by atoms with Gasteiger partial charge in [-0.05, 0) is 18.2 Å². The Kier molecular flexibility index (Phi) is 4.84. The third kappa shape index (κ3) is 3.89. The number of para-hydroxylation sites is 2. The van der Waals surface area contributed by atoms with Crippen molar-refractivity contribution in [3.8, 4) is 5.75 Å². The molecule has 3 nitrogen and oxygen atoms in total. The predicted octanol–water partition coefficient (Wildman–Crippen LogP) is 3.54. The maximum Gasteiger partial charge on any atom is 0.387 e. The van der Waals surface area contributed by atoms with Crippen molar-refractivity contribution in [1.82, 2.24) is 5.43 Å². The lowest BCUT2D eigenvalue weighted by molar-refractivity contribution is -0.0528. The minimum absolute atomic E-state index is 0.134. The van der Waals surface area contributed by atoms with Crippen LogP contribution in [-0.2, 0) is 6.54 Å². The van der Waals surface area contributed by atoms with Gasteiger partial charge in [0, 0.05) is 17.8 Å². The molecule has 106 valence electrons. The van der Waals surface area contributed by atoms with Gasteiger partial charge < -0.3 is 10.2 Å². The molecule has 2 N–H and O–H groups in total. The van der Waals surface area contributed by atoms with E-state index in [2.05, 4.69) is 15.6 Å². The van der Waals surface area contributed by atoms with E-state index in [0.717, 1.165) is 11.8 Å². The molecule has 0 aliphatic rings. The molecule has 0 radical (unpaired) electrons. The Hall–Kier alpha value is -2.21. The van der Waals surface area contributed by atoms with Crippen LogP contribution in [0, 0.1) is 5.82 Å². The topological polar surface area (TPSA) is 33.3 Å². The molecule has 2 rings (SSSR count). The lowest BCUT2D eigenvalue weighted by Crippen LogP contribution is -2.21. The number of rotatable bonds is 6. The molecule has 2 aromatic rings. The maximum atomic E-state index is 13.5. The summed E-state index contributed by atoms with van der Waals surface area (Å²) in [6.45, 7) is -2.93.